The van der Waals surface area contributed by atoms with Crippen molar-refractivity contribution in [2.45, 2.75) is 13.3 Å². The van der Waals surface area contributed by atoms with Crippen LogP contribution in [-0.2, 0) is 11.2 Å². The zero-order valence-electron chi connectivity index (χ0n) is 13.0. The third-order valence-electron chi connectivity index (χ3n) is 3.41. The van der Waals surface area contributed by atoms with Gasteiger partial charge in [0.25, 0.3) is 0 Å². The van der Waals surface area contributed by atoms with Crippen LogP contribution in [0.3, 0.4) is 0 Å². The van der Waals surface area contributed by atoms with E-state index >= 15 is 0 Å². The molecule has 0 unspecified atom stereocenters. The van der Waals surface area contributed by atoms with Crippen molar-refractivity contribution in [3.8, 4) is 0 Å². The van der Waals surface area contributed by atoms with Gasteiger partial charge in [-0.2, -0.15) is 0 Å². The molecule has 0 radical (unpaired) electrons. The molecule has 3 aromatic rings. The van der Waals surface area contributed by atoms with E-state index in [0.29, 0.717) is 17.3 Å². The fourth-order valence-electron chi connectivity index (χ4n) is 2.14. The van der Waals surface area contributed by atoms with Crippen LogP contribution in [0.5, 0.6) is 0 Å². The van der Waals surface area contributed by atoms with E-state index in [1.54, 1.807) is 23.6 Å². The molecule has 4 nitrogen and oxygen atoms in total. The third-order valence-corrected chi connectivity index (χ3v) is 4.69. The predicted octanol–water partition coefficient (Wildman–Crippen LogP) is 5.03. The highest BCUT2D eigenvalue weighted by Gasteiger charge is 2.06. The van der Waals surface area contributed by atoms with Crippen LogP contribution >= 0.6 is 22.9 Å². The second-order valence-corrected chi connectivity index (χ2v) is 6.76. The number of carbonyl (C=O) groups excluding carboxylic acids is 1. The highest BCUT2D eigenvalue weighted by molar-refractivity contribution is 7.10. The number of aryl methyl sites for hydroxylation is 1. The summed E-state index contributed by atoms with van der Waals surface area (Å²) in [5.41, 5.74) is 2.75. The van der Waals surface area contributed by atoms with Crippen LogP contribution in [0, 0.1) is 6.92 Å². The number of hydrogen-bond donors (Lipinski definition) is 2. The molecular formula is C18H16ClN3OS. The quantitative estimate of drug-likeness (QED) is 0.673. The molecule has 0 fully saturated rings. The van der Waals surface area contributed by atoms with Crippen molar-refractivity contribution in [3.05, 3.63) is 69.5 Å². The third kappa shape index (κ3) is 4.34. The Morgan fingerprint density at radius 1 is 1.21 bits per heavy atom. The fraction of sp³-hybridized carbons (Fsp3) is 0.111. The molecule has 1 aromatic carbocycles. The van der Waals surface area contributed by atoms with Crippen molar-refractivity contribution in [1.82, 2.24) is 4.98 Å². The largest absolute Gasteiger partial charge is 0.354 e. The summed E-state index contributed by atoms with van der Waals surface area (Å²) in [6.45, 7) is 1.96. The minimum Gasteiger partial charge on any atom is -0.354 e. The molecule has 6 heteroatoms. The van der Waals surface area contributed by atoms with Crippen molar-refractivity contribution in [3.63, 3.8) is 0 Å². The summed E-state index contributed by atoms with van der Waals surface area (Å²) in [6.07, 6.45) is 2.04. The van der Waals surface area contributed by atoms with Crippen molar-refractivity contribution in [2.75, 3.05) is 10.6 Å². The minimum atomic E-state index is -0.0732. The number of nitrogens with zero attached hydrogens (tertiary/aromatic N) is 1. The Labute approximate surface area is 149 Å². The van der Waals surface area contributed by atoms with Crippen LogP contribution in [-0.4, -0.2) is 10.9 Å². The zero-order chi connectivity index (χ0) is 16.9. The monoisotopic (exact) mass is 357 g/mol. The van der Waals surface area contributed by atoms with Crippen LogP contribution in [0.2, 0.25) is 5.02 Å². The minimum absolute atomic E-state index is 0.0732. The molecule has 0 aliphatic heterocycles. The zero-order valence-corrected chi connectivity index (χ0v) is 14.6. The molecule has 3 rings (SSSR count). The molecule has 1 amide bonds. The molecule has 0 atom stereocenters. The molecule has 2 aromatic heterocycles. The van der Waals surface area contributed by atoms with E-state index in [2.05, 4.69) is 15.6 Å². The number of nitrogens with one attached hydrogen (secondary N) is 2. The fourth-order valence-corrected chi connectivity index (χ4v) is 3.02. The first-order chi connectivity index (χ1) is 11.6. The van der Waals surface area contributed by atoms with Crippen LogP contribution in [0.1, 0.15) is 10.4 Å². The predicted molar refractivity (Wildman–Crippen MR) is 100 cm³/mol. The normalized spacial score (nSPS) is 10.4. The Kier molecular flexibility index (Phi) is 5.13. The maximum atomic E-state index is 12.0. The van der Waals surface area contributed by atoms with Gasteiger partial charge in [0.1, 0.15) is 5.82 Å². The van der Waals surface area contributed by atoms with Crippen LogP contribution in [0.25, 0.3) is 0 Å². The van der Waals surface area contributed by atoms with E-state index in [-0.39, 0.29) is 5.91 Å². The molecule has 24 heavy (non-hydrogen) atoms. The highest BCUT2D eigenvalue weighted by Crippen LogP contribution is 2.23. The number of anilines is 3. The molecule has 0 saturated heterocycles. The SMILES string of the molecule is Cc1ccc(Nc2ccc(NC(=O)Cc3cccs3)nc2)cc1Cl. The van der Waals surface area contributed by atoms with Crippen LogP contribution in [0.15, 0.2) is 54.0 Å². The van der Waals surface area contributed by atoms with Crippen molar-refractivity contribution >= 4 is 46.0 Å². The number of rotatable bonds is 5. The lowest BCUT2D eigenvalue weighted by molar-refractivity contribution is -0.115. The van der Waals surface area contributed by atoms with Crippen molar-refractivity contribution in [1.29, 1.82) is 0 Å². The molecule has 2 N–H and O–H groups in total. The second kappa shape index (κ2) is 7.47. The first-order valence-electron chi connectivity index (χ1n) is 7.41. The van der Waals surface area contributed by atoms with E-state index in [1.807, 2.05) is 48.7 Å². The summed E-state index contributed by atoms with van der Waals surface area (Å²) in [6, 6.07) is 13.3. The maximum Gasteiger partial charge on any atom is 0.230 e. The number of thiophene rings is 1. The number of amides is 1. The maximum absolute atomic E-state index is 12.0. The lowest BCUT2D eigenvalue weighted by Crippen LogP contribution is -2.14. The van der Waals surface area contributed by atoms with Crippen molar-refractivity contribution < 1.29 is 4.79 Å². The van der Waals surface area contributed by atoms with Gasteiger partial charge in [0, 0.05) is 15.6 Å². The number of aromatic nitrogens is 1. The van der Waals surface area contributed by atoms with Gasteiger partial charge in [-0.3, -0.25) is 4.79 Å². The molecule has 2 heterocycles. The summed E-state index contributed by atoms with van der Waals surface area (Å²) < 4.78 is 0. The topological polar surface area (TPSA) is 54.0 Å². The van der Waals surface area contributed by atoms with Gasteiger partial charge < -0.3 is 10.6 Å². The van der Waals surface area contributed by atoms with Crippen LogP contribution in [0.4, 0.5) is 17.2 Å². The van der Waals surface area contributed by atoms with E-state index < -0.39 is 0 Å². The van der Waals surface area contributed by atoms with E-state index in [0.717, 1.165) is 21.8 Å². The Hall–Kier alpha value is -2.37. The standard InChI is InChI=1S/C18H16ClN3OS/c1-12-4-5-13(9-16(12)19)21-14-6-7-17(20-11-14)22-18(23)10-15-3-2-8-24-15/h2-9,11,21H,10H2,1H3,(H,20,22,23). The number of carbonyl (C=O) groups is 1. The lowest BCUT2D eigenvalue weighted by atomic mass is 10.2. The number of hydrogen-bond acceptors (Lipinski definition) is 4. The summed E-state index contributed by atoms with van der Waals surface area (Å²) in [5, 5.41) is 8.70. The molecular weight excluding hydrogens is 342 g/mol. The second-order valence-electron chi connectivity index (χ2n) is 5.33. The van der Waals surface area contributed by atoms with Gasteiger partial charge in [0.2, 0.25) is 5.91 Å². The number of halogens is 1. The Morgan fingerprint density at radius 3 is 2.71 bits per heavy atom. The molecule has 0 spiro atoms. The highest BCUT2D eigenvalue weighted by atomic mass is 35.5. The number of benzene rings is 1. The van der Waals surface area contributed by atoms with E-state index in [4.69, 9.17) is 11.6 Å². The Bertz CT molecular complexity index is 832. The molecule has 0 aliphatic rings. The van der Waals surface area contributed by atoms with Gasteiger partial charge in [-0.25, -0.2) is 4.98 Å². The molecule has 0 aliphatic carbocycles. The lowest BCUT2D eigenvalue weighted by Gasteiger charge is -2.09. The smallest absolute Gasteiger partial charge is 0.230 e. The van der Waals surface area contributed by atoms with Crippen LogP contribution < -0.4 is 10.6 Å². The summed E-state index contributed by atoms with van der Waals surface area (Å²) in [5.74, 6) is 0.458. The van der Waals surface area contributed by atoms with Gasteiger partial charge in [-0.1, -0.05) is 23.7 Å². The van der Waals surface area contributed by atoms with Gasteiger partial charge in [0.05, 0.1) is 18.3 Å². The van der Waals surface area contributed by atoms with Crippen molar-refractivity contribution in [2.24, 2.45) is 0 Å². The molecule has 0 bridgehead atoms. The summed E-state index contributed by atoms with van der Waals surface area (Å²) in [7, 11) is 0. The molecule has 0 saturated carbocycles. The van der Waals surface area contributed by atoms with Gasteiger partial charge in [-0.05, 0) is 48.2 Å². The molecule has 122 valence electrons. The van der Waals surface area contributed by atoms with Gasteiger partial charge in [-0.15, -0.1) is 11.3 Å². The average Bonchev–Trinajstić information content (AvgIpc) is 3.06. The van der Waals surface area contributed by atoms with E-state index in [9.17, 15) is 4.79 Å². The first-order valence-corrected chi connectivity index (χ1v) is 8.67. The summed E-state index contributed by atoms with van der Waals surface area (Å²) in [4.78, 5) is 17.2. The first kappa shape index (κ1) is 16.5. The van der Waals surface area contributed by atoms with E-state index in [1.165, 1.54) is 0 Å². The van der Waals surface area contributed by atoms with Gasteiger partial charge in [0.15, 0.2) is 0 Å². The average molecular weight is 358 g/mol. The Balaban J connectivity index is 1.60. The summed E-state index contributed by atoms with van der Waals surface area (Å²) >= 11 is 7.68. The Morgan fingerprint density at radius 2 is 2.04 bits per heavy atom. The number of pyridine rings is 1. The van der Waals surface area contributed by atoms with Gasteiger partial charge >= 0.3 is 0 Å².